The summed E-state index contributed by atoms with van der Waals surface area (Å²) in [6.07, 6.45) is 7.82. The Morgan fingerprint density at radius 3 is 2.49 bits per heavy atom. The number of benzene rings is 1. The lowest BCUT2D eigenvalue weighted by molar-refractivity contribution is -0.0122. The SMILES string of the molecule is CC(C)(C)OC(=O)N1CCN2CC(COc3cccc(CN4C[C@H]5CCCC[C@@H]5C4)c3)CCC2C1. The summed E-state index contributed by atoms with van der Waals surface area (Å²) in [5, 5.41) is 0. The van der Waals surface area contributed by atoms with Crippen molar-refractivity contribution in [3.63, 3.8) is 0 Å². The van der Waals surface area contributed by atoms with Crippen LogP contribution in [0.4, 0.5) is 4.79 Å². The first-order valence-corrected chi connectivity index (χ1v) is 14.0. The molecule has 0 aromatic heterocycles. The fourth-order valence-electron chi connectivity index (χ4n) is 6.72. The molecule has 4 fully saturated rings. The van der Waals surface area contributed by atoms with Gasteiger partial charge in [0.25, 0.3) is 0 Å². The molecule has 3 aliphatic heterocycles. The number of piperazine rings is 1. The minimum atomic E-state index is -0.437. The van der Waals surface area contributed by atoms with Gasteiger partial charge in [-0.05, 0) is 76.0 Å². The maximum Gasteiger partial charge on any atom is 0.410 e. The molecule has 0 radical (unpaired) electrons. The van der Waals surface area contributed by atoms with Crippen LogP contribution >= 0.6 is 0 Å². The molecule has 3 saturated heterocycles. The highest BCUT2D eigenvalue weighted by molar-refractivity contribution is 5.68. The van der Waals surface area contributed by atoms with E-state index in [0.29, 0.717) is 12.0 Å². The van der Waals surface area contributed by atoms with E-state index in [2.05, 4.69) is 34.1 Å². The molecule has 35 heavy (non-hydrogen) atoms. The number of hydrogen-bond donors (Lipinski definition) is 0. The van der Waals surface area contributed by atoms with Crippen LogP contribution in [-0.4, -0.2) is 78.3 Å². The van der Waals surface area contributed by atoms with Crippen molar-refractivity contribution in [2.24, 2.45) is 17.8 Å². The van der Waals surface area contributed by atoms with Gasteiger partial charge in [-0.15, -0.1) is 0 Å². The van der Waals surface area contributed by atoms with Crippen LogP contribution < -0.4 is 4.74 Å². The summed E-state index contributed by atoms with van der Waals surface area (Å²) < 4.78 is 11.9. The Hall–Kier alpha value is -1.79. The molecule has 0 N–H and O–H groups in total. The van der Waals surface area contributed by atoms with Crippen LogP contribution in [0.25, 0.3) is 0 Å². The molecule has 4 aliphatic rings. The van der Waals surface area contributed by atoms with Gasteiger partial charge >= 0.3 is 6.09 Å². The van der Waals surface area contributed by atoms with Crippen molar-refractivity contribution in [3.8, 4) is 5.75 Å². The number of piperidine rings is 1. The summed E-state index contributed by atoms with van der Waals surface area (Å²) in [5.74, 6) is 3.43. The van der Waals surface area contributed by atoms with Crippen LogP contribution in [0, 0.1) is 17.8 Å². The quantitative estimate of drug-likeness (QED) is 0.589. The van der Waals surface area contributed by atoms with Gasteiger partial charge in [-0.1, -0.05) is 25.0 Å². The molecular weight excluding hydrogens is 438 g/mol. The lowest BCUT2D eigenvalue weighted by atomic mass is 9.82. The molecule has 6 nitrogen and oxygen atoms in total. The first kappa shape index (κ1) is 24.9. The minimum absolute atomic E-state index is 0.171. The third-order valence-corrected chi connectivity index (χ3v) is 8.50. The van der Waals surface area contributed by atoms with Crippen molar-refractivity contribution in [2.45, 2.75) is 77.5 Å². The molecule has 1 aliphatic carbocycles. The van der Waals surface area contributed by atoms with Crippen molar-refractivity contribution < 1.29 is 14.3 Å². The smallest absolute Gasteiger partial charge is 0.410 e. The van der Waals surface area contributed by atoms with Crippen LogP contribution in [0.15, 0.2) is 24.3 Å². The summed E-state index contributed by atoms with van der Waals surface area (Å²) in [6.45, 7) is 13.7. The predicted octanol–water partition coefficient (Wildman–Crippen LogP) is 5.02. The second-order valence-electron chi connectivity index (χ2n) is 12.5. The summed E-state index contributed by atoms with van der Waals surface area (Å²) in [5.41, 5.74) is 0.941. The van der Waals surface area contributed by atoms with E-state index >= 15 is 0 Å². The number of nitrogens with zero attached hydrogens (tertiary/aromatic N) is 3. The van der Waals surface area contributed by atoms with Crippen molar-refractivity contribution in [1.29, 1.82) is 0 Å². The first-order valence-electron chi connectivity index (χ1n) is 14.0. The van der Waals surface area contributed by atoms with Gasteiger partial charge in [-0.3, -0.25) is 9.80 Å². The van der Waals surface area contributed by atoms with Gasteiger partial charge in [0.15, 0.2) is 0 Å². The number of amides is 1. The number of likely N-dealkylation sites (tertiary alicyclic amines) is 1. The molecule has 3 heterocycles. The van der Waals surface area contributed by atoms with Gasteiger partial charge in [0.1, 0.15) is 11.4 Å². The molecule has 1 saturated carbocycles. The average molecular weight is 484 g/mol. The Bertz CT molecular complexity index is 855. The zero-order valence-corrected chi connectivity index (χ0v) is 22.1. The summed E-state index contributed by atoms with van der Waals surface area (Å²) in [7, 11) is 0. The Kier molecular flexibility index (Phi) is 7.59. The average Bonchev–Trinajstić information content (AvgIpc) is 3.24. The highest BCUT2D eigenvalue weighted by Gasteiger charge is 2.36. The number of rotatable bonds is 5. The van der Waals surface area contributed by atoms with Crippen LogP contribution in [0.3, 0.4) is 0 Å². The Morgan fingerprint density at radius 1 is 0.971 bits per heavy atom. The van der Waals surface area contributed by atoms with E-state index in [1.54, 1.807) is 0 Å². The van der Waals surface area contributed by atoms with Crippen LogP contribution in [0.2, 0.25) is 0 Å². The third kappa shape index (κ3) is 6.51. The minimum Gasteiger partial charge on any atom is -0.493 e. The van der Waals surface area contributed by atoms with Gasteiger partial charge in [0, 0.05) is 57.8 Å². The summed E-state index contributed by atoms with van der Waals surface area (Å²) in [4.78, 5) is 19.6. The monoisotopic (exact) mass is 483 g/mol. The van der Waals surface area contributed by atoms with E-state index in [1.807, 2.05) is 25.7 Å². The van der Waals surface area contributed by atoms with E-state index in [0.717, 1.165) is 69.8 Å². The number of carbonyl (C=O) groups excluding carboxylic acids is 1. The molecule has 5 rings (SSSR count). The van der Waals surface area contributed by atoms with E-state index in [1.165, 1.54) is 44.3 Å². The predicted molar refractivity (Wildman–Crippen MR) is 139 cm³/mol. The molecule has 6 heteroatoms. The van der Waals surface area contributed by atoms with Crippen molar-refractivity contribution in [3.05, 3.63) is 29.8 Å². The van der Waals surface area contributed by atoms with Crippen molar-refractivity contribution >= 4 is 6.09 Å². The summed E-state index contributed by atoms with van der Waals surface area (Å²) >= 11 is 0. The largest absolute Gasteiger partial charge is 0.493 e. The molecule has 1 amide bonds. The molecule has 0 spiro atoms. The fraction of sp³-hybridized carbons (Fsp3) is 0.759. The van der Waals surface area contributed by atoms with Crippen LogP contribution in [0.5, 0.6) is 5.75 Å². The lowest BCUT2D eigenvalue weighted by Gasteiger charge is -2.46. The van der Waals surface area contributed by atoms with E-state index in [-0.39, 0.29) is 6.09 Å². The molecule has 4 atom stereocenters. The van der Waals surface area contributed by atoms with Crippen molar-refractivity contribution in [1.82, 2.24) is 14.7 Å². The maximum absolute atomic E-state index is 12.5. The van der Waals surface area contributed by atoms with Crippen LogP contribution in [0.1, 0.15) is 64.9 Å². The number of fused-ring (bicyclic) bond motifs is 2. The molecule has 194 valence electrons. The fourth-order valence-corrected chi connectivity index (χ4v) is 6.72. The highest BCUT2D eigenvalue weighted by Crippen LogP contribution is 2.36. The van der Waals surface area contributed by atoms with E-state index in [4.69, 9.17) is 9.47 Å². The molecule has 0 bridgehead atoms. The van der Waals surface area contributed by atoms with Crippen LogP contribution in [-0.2, 0) is 11.3 Å². The van der Waals surface area contributed by atoms with E-state index < -0.39 is 5.60 Å². The zero-order valence-electron chi connectivity index (χ0n) is 22.1. The first-order chi connectivity index (χ1) is 16.8. The molecule has 2 unspecified atom stereocenters. The van der Waals surface area contributed by atoms with Gasteiger partial charge in [-0.2, -0.15) is 0 Å². The van der Waals surface area contributed by atoms with Gasteiger partial charge in [-0.25, -0.2) is 4.79 Å². The van der Waals surface area contributed by atoms with Crippen molar-refractivity contribution in [2.75, 3.05) is 45.9 Å². The lowest BCUT2D eigenvalue weighted by Crippen LogP contribution is -2.58. The second-order valence-corrected chi connectivity index (χ2v) is 12.5. The zero-order chi connectivity index (χ0) is 24.4. The Labute approximate surface area is 211 Å². The number of hydrogen-bond acceptors (Lipinski definition) is 5. The standard InChI is InChI=1S/C29H45N3O3/c1-29(2,3)35-28(33)32-14-13-31-17-23(11-12-26(31)20-32)21-34-27-10-6-7-22(15-27)16-30-18-24-8-4-5-9-25(24)19-30/h6-7,10,15,23-26H,4-5,8-9,11-14,16-21H2,1-3H3/t23?,24-,25-,26?/m1/s1. The Morgan fingerprint density at radius 2 is 1.74 bits per heavy atom. The van der Waals surface area contributed by atoms with Gasteiger partial charge in [0.2, 0.25) is 0 Å². The summed E-state index contributed by atoms with van der Waals surface area (Å²) in [6, 6.07) is 9.22. The topological polar surface area (TPSA) is 45.3 Å². The highest BCUT2D eigenvalue weighted by atomic mass is 16.6. The normalized spacial score (nSPS) is 30.0. The molecule has 1 aromatic rings. The maximum atomic E-state index is 12.5. The van der Waals surface area contributed by atoms with Gasteiger partial charge < -0.3 is 14.4 Å². The number of ether oxygens (including phenoxy) is 2. The number of carbonyl (C=O) groups is 1. The Balaban J connectivity index is 1.07. The molecule has 1 aromatic carbocycles. The second kappa shape index (κ2) is 10.7. The van der Waals surface area contributed by atoms with Gasteiger partial charge in [0.05, 0.1) is 6.61 Å². The third-order valence-electron chi connectivity index (χ3n) is 8.50. The van der Waals surface area contributed by atoms with E-state index in [9.17, 15) is 4.79 Å². The molecular formula is C29H45N3O3.